The molecule has 1 aliphatic rings. The van der Waals surface area contributed by atoms with Crippen LogP contribution in [0.4, 0.5) is 4.79 Å². The fraction of sp³-hybridized carbons (Fsp3) is 0.344. The Hall–Kier alpha value is -4.41. The highest BCUT2D eigenvalue weighted by atomic mass is 16.7. The van der Waals surface area contributed by atoms with Crippen molar-refractivity contribution in [2.45, 2.75) is 51.0 Å². The van der Waals surface area contributed by atoms with Crippen LogP contribution in [-0.4, -0.2) is 60.2 Å². The Morgan fingerprint density at radius 2 is 1.55 bits per heavy atom. The van der Waals surface area contributed by atoms with E-state index < -0.39 is 23.8 Å². The molecule has 3 aromatic carbocycles. The maximum atomic E-state index is 13.0. The van der Waals surface area contributed by atoms with Crippen molar-refractivity contribution in [2.75, 3.05) is 19.7 Å². The SMILES string of the molecule is CC(C)(C)OC(=O)N1CCC(N=C(N)c2ccc(OCC(ON)C(=O)OC(c3ccccc3)c3ccccc3)cc2)C1. The molecule has 1 aliphatic heterocycles. The van der Waals surface area contributed by atoms with E-state index in [1.54, 1.807) is 29.2 Å². The van der Waals surface area contributed by atoms with Crippen molar-refractivity contribution in [3.05, 3.63) is 102 Å². The summed E-state index contributed by atoms with van der Waals surface area (Å²) in [6, 6.07) is 25.7. The molecular formula is C32H38N4O6. The number of carbonyl (C=O) groups excluding carboxylic acids is 2. The van der Waals surface area contributed by atoms with Crippen molar-refractivity contribution in [3.8, 4) is 5.75 Å². The Labute approximate surface area is 246 Å². The summed E-state index contributed by atoms with van der Waals surface area (Å²) in [7, 11) is 0. The van der Waals surface area contributed by atoms with Gasteiger partial charge in [0, 0.05) is 18.7 Å². The number of carbonyl (C=O) groups is 2. The molecule has 1 saturated heterocycles. The molecule has 10 nitrogen and oxygen atoms in total. The minimum Gasteiger partial charge on any atom is -0.490 e. The zero-order valence-electron chi connectivity index (χ0n) is 24.1. The third-order valence-corrected chi connectivity index (χ3v) is 6.55. The summed E-state index contributed by atoms with van der Waals surface area (Å²) in [5, 5.41) is 0. The molecule has 0 aromatic heterocycles. The van der Waals surface area contributed by atoms with Crippen molar-refractivity contribution >= 4 is 17.9 Å². The molecule has 222 valence electrons. The smallest absolute Gasteiger partial charge is 0.410 e. The highest BCUT2D eigenvalue weighted by molar-refractivity contribution is 5.97. The van der Waals surface area contributed by atoms with Gasteiger partial charge in [-0.05, 0) is 62.6 Å². The number of nitrogens with zero attached hydrogens (tertiary/aromatic N) is 2. The number of amidine groups is 1. The number of likely N-dealkylation sites (tertiary alicyclic amines) is 1. The minimum absolute atomic E-state index is 0.113. The monoisotopic (exact) mass is 574 g/mol. The third-order valence-electron chi connectivity index (χ3n) is 6.55. The number of benzene rings is 3. The van der Waals surface area contributed by atoms with E-state index in [0.29, 0.717) is 36.7 Å². The normalized spacial score (nSPS) is 16.3. The summed E-state index contributed by atoms with van der Waals surface area (Å²) < 4.78 is 17.1. The van der Waals surface area contributed by atoms with Gasteiger partial charge >= 0.3 is 12.1 Å². The number of hydrogen-bond donors (Lipinski definition) is 2. The van der Waals surface area contributed by atoms with Crippen molar-refractivity contribution in [1.29, 1.82) is 0 Å². The molecule has 0 bridgehead atoms. The standard InChI is InChI=1S/C32H38N4O6/c1-32(2,3)41-31(38)36-19-18-25(20-36)35-29(33)24-14-16-26(17-15-24)39-21-27(42-34)30(37)40-28(22-10-6-4-7-11-22)23-12-8-5-9-13-23/h4-17,25,27-28H,18-21,34H2,1-3H3,(H2,33,35). The molecule has 10 heteroatoms. The van der Waals surface area contributed by atoms with Crippen LogP contribution < -0.4 is 16.4 Å². The Bertz CT molecular complexity index is 1300. The Balaban J connectivity index is 1.33. The largest absolute Gasteiger partial charge is 0.490 e. The summed E-state index contributed by atoms with van der Waals surface area (Å²) in [5.74, 6) is 5.64. The second kappa shape index (κ2) is 14.0. The molecule has 1 fully saturated rings. The molecule has 42 heavy (non-hydrogen) atoms. The molecule has 4 N–H and O–H groups in total. The van der Waals surface area contributed by atoms with Crippen LogP contribution in [0.25, 0.3) is 0 Å². The molecule has 0 spiro atoms. The topological polar surface area (TPSA) is 139 Å². The molecule has 0 saturated carbocycles. The number of esters is 1. The van der Waals surface area contributed by atoms with Crippen molar-refractivity contribution in [1.82, 2.24) is 4.90 Å². The average molecular weight is 575 g/mol. The number of rotatable bonds is 10. The van der Waals surface area contributed by atoms with Gasteiger partial charge in [0.05, 0.1) is 6.04 Å². The zero-order chi connectivity index (χ0) is 30.1. The highest BCUT2D eigenvalue weighted by Gasteiger charge is 2.30. The molecule has 2 atom stereocenters. The van der Waals surface area contributed by atoms with Crippen LogP contribution >= 0.6 is 0 Å². The molecule has 1 amide bonds. The number of nitrogens with two attached hydrogens (primary N) is 2. The predicted octanol–water partition coefficient (Wildman–Crippen LogP) is 4.37. The van der Waals surface area contributed by atoms with Gasteiger partial charge in [0.15, 0.2) is 6.10 Å². The zero-order valence-corrected chi connectivity index (χ0v) is 24.1. The molecule has 1 heterocycles. The quantitative estimate of drug-likeness (QED) is 0.158. The van der Waals surface area contributed by atoms with Crippen LogP contribution in [0.15, 0.2) is 89.9 Å². The van der Waals surface area contributed by atoms with Gasteiger partial charge < -0.3 is 24.8 Å². The molecule has 3 aromatic rings. The van der Waals surface area contributed by atoms with Crippen LogP contribution in [0.2, 0.25) is 0 Å². The predicted molar refractivity (Wildman–Crippen MR) is 159 cm³/mol. The van der Waals surface area contributed by atoms with E-state index in [1.807, 2.05) is 81.4 Å². The van der Waals surface area contributed by atoms with Gasteiger partial charge in [0.2, 0.25) is 6.10 Å². The third kappa shape index (κ3) is 8.55. The highest BCUT2D eigenvalue weighted by Crippen LogP contribution is 2.27. The van der Waals surface area contributed by atoms with E-state index in [1.165, 1.54) is 0 Å². The molecule has 0 aliphatic carbocycles. The second-order valence-corrected chi connectivity index (χ2v) is 11.0. The van der Waals surface area contributed by atoms with Crippen LogP contribution in [0, 0.1) is 0 Å². The lowest BCUT2D eigenvalue weighted by atomic mass is 10.0. The van der Waals surface area contributed by atoms with Crippen LogP contribution in [0.1, 0.15) is 50.0 Å². The van der Waals surface area contributed by atoms with Crippen molar-refractivity contribution in [3.63, 3.8) is 0 Å². The summed E-state index contributed by atoms with van der Waals surface area (Å²) in [5.41, 5.74) is 8.04. The first-order chi connectivity index (χ1) is 20.1. The van der Waals surface area contributed by atoms with E-state index in [4.69, 9.17) is 30.7 Å². The maximum absolute atomic E-state index is 13.0. The lowest BCUT2D eigenvalue weighted by molar-refractivity contribution is -0.163. The Kier molecular flexibility index (Phi) is 10.2. The van der Waals surface area contributed by atoms with Gasteiger partial charge in [-0.1, -0.05) is 60.7 Å². The molecular weight excluding hydrogens is 536 g/mol. The minimum atomic E-state index is -1.15. The first-order valence-corrected chi connectivity index (χ1v) is 13.8. The van der Waals surface area contributed by atoms with Gasteiger partial charge in [-0.15, -0.1) is 0 Å². The van der Waals surface area contributed by atoms with E-state index in [2.05, 4.69) is 4.99 Å². The molecule has 2 unspecified atom stereocenters. The summed E-state index contributed by atoms with van der Waals surface area (Å²) >= 11 is 0. The Morgan fingerprint density at radius 3 is 2.10 bits per heavy atom. The van der Waals surface area contributed by atoms with Gasteiger partial charge in [0.1, 0.15) is 23.8 Å². The number of hydrogen-bond acceptors (Lipinski definition) is 8. The summed E-state index contributed by atoms with van der Waals surface area (Å²) in [6.45, 7) is 6.37. The van der Waals surface area contributed by atoms with Crippen LogP contribution in [0.5, 0.6) is 5.75 Å². The maximum Gasteiger partial charge on any atom is 0.410 e. The van der Waals surface area contributed by atoms with Crippen molar-refractivity contribution in [2.24, 2.45) is 16.6 Å². The fourth-order valence-electron chi connectivity index (χ4n) is 4.44. The van der Waals surface area contributed by atoms with E-state index in [-0.39, 0.29) is 18.7 Å². The number of amides is 1. The fourth-order valence-corrected chi connectivity index (χ4v) is 4.44. The number of aliphatic imine (C=N–C) groups is 1. The van der Waals surface area contributed by atoms with Crippen LogP contribution in [-0.2, 0) is 19.1 Å². The average Bonchev–Trinajstić information content (AvgIpc) is 3.45. The first kappa shape index (κ1) is 30.5. The molecule has 4 rings (SSSR count). The van der Waals surface area contributed by atoms with E-state index in [0.717, 1.165) is 11.1 Å². The van der Waals surface area contributed by atoms with Gasteiger partial charge in [-0.2, -0.15) is 0 Å². The lowest BCUT2D eigenvalue weighted by Gasteiger charge is -2.24. The van der Waals surface area contributed by atoms with Crippen LogP contribution in [0.3, 0.4) is 0 Å². The summed E-state index contributed by atoms with van der Waals surface area (Å²) in [6.07, 6.45) is -1.43. The van der Waals surface area contributed by atoms with Gasteiger partial charge in [-0.25, -0.2) is 15.5 Å². The first-order valence-electron chi connectivity index (χ1n) is 13.8. The lowest BCUT2D eigenvalue weighted by Crippen LogP contribution is -2.35. The van der Waals surface area contributed by atoms with E-state index >= 15 is 0 Å². The second-order valence-electron chi connectivity index (χ2n) is 11.0. The van der Waals surface area contributed by atoms with E-state index in [9.17, 15) is 9.59 Å². The van der Waals surface area contributed by atoms with Gasteiger partial charge in [0.25, 0.3) is 0 Å². The Morgan fingerprint density at radius 1 is 0.952 bits per heavy atom. The summed E-state index contributed by atoms with van der Waals surface area (Å²) in [4.78, 5) is 36.5. The molecule has 0 radical (unpaired) electrons. The van der Waals surface area contributed by atoms with Crippen molar-refractivity contribution < 1.29 is 28.6 Å². The number of ether oxygens (including phenoxy) is 3. The van der Waals surface area contributed by atoms with Gasteiger partial charge in [-0.3, -0.25) is 9.83 Å².